The molecule has 0 rings (SSSR count). The van der Waals surface area contributed by atoms with Crippen molar-refractivity contribution in [2.24, 2.45) is 0 Å². The molecule has 0 atom stereocenters. The van der Waals surface area contributed by atoms with Gasteiger partial charge in [0.25, 0.3) is 0 Å². The molecule has 0 aromatic carbocycles. The summed E-state index contributed by atoms with van der Waals surface area (Å²) in [6, 6.07) is 0. The van der Waals surface area contributed by atoms with Gasteiger partial charge in [-0.3, -0.25) is 0 Å². The van der Waals surface area contributed by atoms with Crippen LogP contribution in [-0.4, -0.2) is 0 Å². The number of hydrogen-bond donors (Lipinski definition) is 0. The molecule has 0 N–H and O–H groups in total. The maximum absolute atomic E-state index is 0. The molecular weight excluding hydrogens is 341 g/mol. The summed E-state index contributed by atoms with van der Waals surface area (Å²) in [6.07, 6.45) is 0. The Labute approximate surface area is 69.8 Å². The smallest absolute Gasteiger partial charge is 0 e. The Kier molecular flexibility index (Phi) is 179. The van der Waals surface area contributed by atoms with Gasteiger partial charge in [0.2, 0.25) is 0 Å². The summed E-state index contributed by atoms with van der Waals surface area (Å²) in [5, 5.41) is 0. The van der Waals surface area contributed by atoms with E-state index >= 15 is 0 Å². The molecule has 0 aliphatic rings. The molecular formula is Br3Ru-3. The van der Waals surface area contributed by atoms with Crippen molar-refractivity contribution in [2.75, 3.05) is 0 Å². The van der Waals surface area contributed by atoms with Crippen LogP contribution < -0.4 is 50.9 Å². The first kappa shape index (κ1) is 36.5. The Hall–Kier alpha value is 2.06. The van der Waals surface area contributed by atoms with E-state index in [4.69, 9.17) is 0 Å². The van der Waals surface area contributed by atoms with Crippen molar-refractivity contribution in [1.82, 2.24) is 0 Å². The van der Waals surface area contributed by atoms with Crippen molar-refractivity contribution in [3.63, 3.8) is 0 Å². The monoisotopic (exact) mass is 339 g/mol. The minimum Gasteiger partial charge on any atom is -1.00 e. The van der Waals surface area contributed by atoms with Crippen molar-refractivity contribution in [1.29, 1.82) is 0 Å². The van der Waals surface area contributed by atoms with Crippen molar-refractivity contribution < 1.29 is 70.4 Å². The Morgan fingerprint density at radius 3 is 0.500 bits per heavy atom. The van der Waals surface area contributed by atoms with E-state index in [1.807, 2.05) is 0 Å². The van der Waals surface area contributed by atoms with Crippen molar-refractivity contribution in [3.8, 4) is 0 Å². The third-order valence-corrected chi connectivity index (χ3v) is 0. The maximum atomic E-state index is 0. The first-order chi connectivity index (χ1) is 0. The summed E-state index contributed by atoms with van der Waals surface area (Å²) >= 11 is 0. The predicted octanol–water partition coefficient (Wildman–Crippen LogP) is -8.99. The zero-order chi connectivity index (χ0) is 0. The van der Waals surface area contributed by atoms with E-state index in [-0.39, 0.29) is 70.4 Å². The van der Waals surface area contributed by atoms with Gasteiger partial charge in [0.05, 0.1) is 0 Å². The first-order valence-corrected chi connectivity index (χ1v) is 0. The van der Waals surface area contributed by atoms with Crippen LogP contribution in [0.4, 0.5) is 0 Å². The van der Waals surface area contributed by atoms with Crippen LogP contribution in [0.1, 0.15) is 0 Å². The summed E-state index contributed by atoms with van der Waals surface area (Å²) in [7, 11) is 0. The van der Waals surface area contributed by atoms with Crippen LogP contribution >= 0.6 is 0 Å². The number of hydrogen-bond acceptors (Lipinski definition) is 0. The molecule has 0 aromatic heterocycles. The van der Waals surface area contributed by atoms with Gasteiger partial charge in [-0.1, -0.05) is 0 Å². The van der Waals surface area contributed by atoms with Crippen LogP contribution in [-0.2, 0) is 19.5 Å². The van der Waals surface area contributed by atoms with E-state index in [2.05, 4.69) is 0 Å². The molecule has 0 fully saturated rings. The molecule has 0 amide bonds. The molecule has 0 saturated heterocycles. The van der Waals surface area contributed by atoms with Crippen LogP contribution in [0.3, 0.4) is 0 Å². The van der Waals surface area contributed by atoms with Crippen molar-refractivity contribution in [2.45, 2.75) is 0 Å². The average molecular weight is 341 g/mol. The molecule has 0 saturated carbocycles. The summed E-state index contributed by atoms with van der Waals surface area (Å²) in [4.78, 5) is 0. The van der Waals surface area contributed by atoms with Gasteiger partial charge in [-0.05, 0) is 0 Å². The molecule has 0 aliphatic heterocycles. The molecule has 0 bridgehead atoms. The van der Waals surface area contributed by atoms with E-state index in [0.717, 1.165) is 0 Å². The summed E-state index contributed by atoms with van der Waals surface area (Å²) in [5.41, 5.74) is 0. The van der Waals surface area contributed by atoms with Crippen LogP contribution in [0.2, 0.25) is 0 Å². The van der Waals surface area contributed by atoms with Gasteiger partial charge in [0.1, 0.15) is 0 Å². The fourth-order valence-electron chi connectivity index (χ4n) is 0. The van der Waals surface area contributed by atoms with E-state index in [1.54, 1.807) is 0 Å². The maximum Gasteiger partial charge on any atom is 0 e. The van der Waals surface area contributed by atoms with Gasteiger partial charge < -0.3 is 50.9 Å². The standard InChI is InChI=1S/3BrH.Ru/h3*1H;/p-3. The Balaban J connectivity index is 0. The minimum atomic E-state index is 0. The normalized spacial score (nSPS) is 0. The molecule has 0 nitrogen and oxygen atoms in total. The van der Waals surface area contributed by atoms with Crippen molar-refractivity contribution >= 4 is 0 Å². The van der Waals surface area contributed by atoms with E-state index in [9.17, 15) is 0 Å². The second kappa shape index (κ2) is 19.6. The molecule has 0 unspecified atom stereocenters. The van der Waals surface area contributed by atoms with Crippen LogP contribution in [0.15, 0.2) is 0 Å². The van der Waals surface area contributed by atoms with Gasteiger partial charge >= 0.3 is 0 Å². The molecule has 0 radical (unpaired) electrons. The third kappa shape index (κ3) is 8.96. The predicted molar refractivity (Wildman–Crippen MR) is 0 cm³/mol. The van der Waals surface area contributed by atoms with Gasteiger partial charge in [-0.15, -0.1) is 0 Å². The average Bonchev–Trinajstić information content (AvgIpc) is 0. The van der Waals surface area contributed by atoms with Gasteiger partial charge in [-0.25, -0.2) is 0 Å². The summed E-state index contributed by atoms with van der Waals surface area (Å²) in [6.45, 7) is 0. The SMILES string of the molecule is [Br-].[Br-].[Br-].[Ru]. The summed E-state index contributed by atoms with van der Waals surface area (Å²) < 4.78 is 0. The zero-order valence-corrected chi connectivity index (χ0v) is 7.98. The van der Waals surface area contributed by atoms with Gasteiger partial charge in [0, 0.05) is 19.5 Å². The fourth-order valence-corrected chi connectivity index (χ4v) is 0. The Morgan fingerprint density at radius 1 is 0.500 bits per heavy atom. The molecule has 0 aromatic rings. The van der Waals surface area contributed by atoms with Crippen molar-refractivity contribution in [3.05, 3.63) is 0 Å². The number of halogens is 3. The quantitative estimate of drug-likeness (QED) is 0.384. The van der Waals surface area contributed by atoms with Crippen LogP contribution in [0, 0.1) is 0 Å². The molecule has 0 spiro atoms. The second-order valence-corrected chi connectivity index (χ2v) is 0. The molecule has 32 valence electrons. The molecule has 0 aliphatic carbocycles. The van der Waals surface area contributed by atoms with Crippen LogP contribution in [0.5, 0.6) is 0 Å². The number of rotatable bonds is 0. The van der Waals surface area contributed by atoms with E-state index in [1.165, 1.54) is 0 Å². The fraction of sp³-hybridized carbons (Fsp3) is 0. The second-order valence-electron chi connectivity index (χ2n) is 0. The molecule has 0 heterocycles. The minimum absolute atomic E-state index is 0. The molecule has 4 heavy (non-hydrogen) atoms. The summed E-state index contributed by atoms with van der Waals surface area (Å²) in [5.74, 6) is 0. The topological polar surface area (TPSA) is 0 Å². The first-order valence-electron chi connectivity index (χ1n) is 0. The third-order valence-electron chi connectivity index (χ3n) is 0. The Morgan fingerprint density at radius 2 is 0.500 bits per heavy atom. The zero-order valence-electron chi connectivity index (χ0n) is 1.49. The van der Waals surface area contributed by atoms with Gasteiger partial charge in [0.15, 0.2) is 0 Å². The van der Waals surface area contributed by atoms with E-state index in [0.29, 0.717) is 0 Å². The van der Waals surface area contributed by atoms with Gasteiger partial charge in [-0.2, -0.15) is 0 Å². The largest absolute Gasteiger partial charge is 1.00 e. The molecule has 4 heteroatoms. The Bertz CT molecular complexity index is 3.25. The van der Waals surface area contributed by atoms with E-state index < -0.39 is 0 Å². The van der Waals surface area contributed by atoms with Crippen LogP contribution in [0.25, 0.3) is 0 Å².